The molecule has 1 N–H and O–H groups in total. The third-order valence-corrected chi connectivity index (χ3v) is 2.38. The minimum absolute atomic E-state index is 0.445. The first-order chi connectivity index (χ1) is 6.81. The van der Waals surface area contributed by atoms with Crippen molar-refractivity contribution in [3.05, 3.63) is 42.2 Å². The first kappa shape index (κ1) is 9.16. The smallest absolute Gasteiger partial charge is 0.0957 e. The standard InChI is InChI=1S/C12H13NO/c1-2-12(14)11-7-9-5-3-4-6-10(9)8-13-11/h3-8,12,14H,2H2,1H3. The third kappa shape index (κ3) is 1.61. The fourth-order valence-electron chi connectivity index (χ4n) is 1.49. The molecule has 0 radical (unpaired) electrons. The Morgan fingerprint density at radius 1 is 1.29 bits per heavy atom. The van der Waals surface area contributed by atoms with Crippen LogP contribution in [0.15, 0.2) is 36.5 Å². The number of fused-ring (bicyclic) bond motifs is 1. The maximum absolute atomic E-state index is 9.63. The highest BCUT2D eigenvalue weighted by atomic mass is 16.3. The zero-order chi connectivity index (χ0) is 9.97. The Morgan fingerprint density at radius 3 is 2.71 bits per heavy atom. The van der Waals surface area contributed by atoms with E-state index in [1.165, 1.54) is 0 Å². The Hall–Kier alpha value is -1.41. The molecule has 0 aliphatic carbocycles. The van der Waals surface area contributed by atoms with E-state index in [1.807, 2.05) is 43.5 Å². The zero-order valence-corrected chi connectivity index (χ0v) is 8.14. The summed E-state index contributed by atoms with van der Waals surface area (Å²) < 4.78 is 0. The number of pyridine rings is 1. The molecule has 2 rings (SSSR count). The lowest BCUT2D eigenvalue weighted by molar-refractivity contribution is 0.169. The van der Waals surface area contributed by atoms with Crippen molar-refractivity contribution in [1.29, 1.82) is 0 Å². The van der Waals surface area contributed by atoms with Gasteiger partial charge in [0.25, 0.3) is 0 Å². The molecule has 0 saturated carbocycles. The van der Waals surface area contributed by atoms with Gasteiger partial charge in [-0.2, -0.15) is 0 Å². The summed E-state index contributed by atoms with van der Waals surface area (Å²) in [4.78, 5) is 4.23. The second-order valence-corrected chi connectivity index (χ2v) is 3.38. The van der Waals surface area contributed by atoms with E-state index in [4.69, 9.17) is 0 Å². The van der Waals surface area contributed by atoms with Crippen molar-refractivity contribution in [2.75, 3.05) is 0 Å². The average Bonchev–Trinajstić information content (AvgIpc) is 2.27. The largest absolute Gasteiger partial charge is 0.387 e. The number of aromatic nitrogens is 1. The second-order valence-electron chi connectivity index (χ2n) is 3.38. The summed E-state index contributed by atoms with van der Waals surface area (Å²) >= 11 is 0. The van der Waals surface area contributed by atoms with Crippen LogP contribution in [0.25, 0.3) is 10.8 Å². The lowest BCUT2D eigenvalue weighted by atomic mass is 10.1. The highest BCUT2D eigenvalue weighted by Gasteiger charge is 2.06. The monoisotopic (exact) mass is 187 g/mol. The fourth-order valence-corrected chi connectivity index (χ4v) is 1.49. The average molecular weight is 187 g/mol. The van der Waals surface area contributed by atoms with Crippen LogP contribution >= 0.6 is 0 Å². The summed E-state index contributed by atoms with van der Waals surface area (Å²) in [6.45, 7) is 1.95. The van der Waals surface area contributed by atoms with Crippen LogP contribution in [0.4, 0.5) is 0 Å². The van der Waals surface area contributed by atoms with Gasteiger partial charge >= 0.3 is 0 Å². The fraction of sp³-hybridized carbons (Fsp3) is 0.250. The summed E-state index contributed by atoms with van der Waals surface area (Å²) in [5.41, 5.74) is 0.756. The molecule has 0 saturated heterocycles. The topological polar surface area (TPSA) is 33.1 Å². The van der Waals surface area contributed by atoms with Crippen LogP contribution < -0.4 is 0 Å². The van der Waals surface area contributed by atoms with Gasteiger partial charge in [-0.25, -0.2) is 0 Å². The Labute approximate surface area is 83.2 Å². The third-order valence-electron chi connectivity index (χ3n) is 2.38. The summed E-state index contributed by atoms with van der Waals surface area (Å²) in [5, 5.41) is 11.9. The number of nitrogens with zero attached hydrogens (tertiary/aromatic N) is 1. The number of rotatable bonds is 2. The summed E-state index contributed by atoms with van der Waals surface area (Å²) in [7, 11) is 0. The molecule has 0 amide bonds. The van der Waals surface area contributed by atoms with E-state index in [0.29, 0.717) is 6.42 Å². The molecule has 2 nitrogen and oxygen atoms in total. The van der Waals surface area contributed by atoms with E-state index in [9.17, 15) is 5.11 Å². The molecule has 0 spiro atoms. The molecule has 2 heteroatoms. The predicted molar refractivity (Wildman–Crippen MR) is 57.0 cm³/mol. The SMILES string of the molecule is CCC(O)c1cc2ccccc2cn1. The molecular formula is C12H13NO. The van der Waals surface area contributed by atoms with Crippen molar-refractivity contribution in [2.45, 2.75) is 19.4 Å². The normalized spacial score (nSPS) is 13.0. The van der Waals surface area contributed by atoms with E-state index >= 15 is 0 Å². The van der Waals surface area contributed by atoms with Crippen LogP contribution in [0.1, 0.15) is 25.1 Å². The minimum atomic E-state index is -0.445. The highest BCUT2D eigenvalue weighted by Crippen LogP contribution is 2.19. The van der Waals surface area contributed by atoms with Crippen LogP contribution in [0, 0.1) is 0 Å². The van der Waals surface area contributed by atoms with Gasteiger partial charge in [-0.05, 0) is 17.9 Å². The summed E-state index contributed by atoms with van der Waals surface area (Å²) in [6.07, 6.45) is 2.06. The van der Waals surface area contributed by atoms with Crippen LogP contribution in [-0.4, -0.2) is 10.1 Å². The van der Waals surface area contributed by atoms with Crippen LogP contribution in [0.3, 0.4) is 0 Å². The lowest BCUT2D eigenvalue weighted by Crippen LogP contribution is -1.97. The molecule has 1 heterocycles. The first-order valence-corrected chi connectivity index (χ1v) is 4.84. The maximum atomic E-state index is 9.63. The van der Waals surface area contributed by atoms with Gasteiger partial charge in [0.05, 0.1) is 11.8 Å². The molecule has 0 bridgehead atoms. The molecule has 0 aliphatic heterocycles. The van der Waals surface area contributed by atoms with Gasteiger partial charge in [0.1, 0.15) is 0 Å². The van der Waals surface area contributed by atoms with Crippen molar-refractivity contribution in [3.8, 4) is 0 Å². The molecule has 1 unspecified atom stereocenters. The van der Waals surface area contributed by atoms with Crippen molar-refractivity contribution in [3.63, 3.8) is 0 Å². The zero-order valence-electron chi connectivity index (χ0n) is 8.14. The van der Waals surface area contributed by atoms with Gasteiger partial charge in [0.2, 0.25) is 0 Å². The van der Waals surface area contributed by atoms with E-state index in [2.05, 4.69) is 4.98 Å². The Morgan fingerprint density at radius 2 is 2.00 bits per heavy atom. The lowest BCUT2D eigenvalue weighted by Gasteiger charge is -2.07. The van der Waals surface area contributed by atoms with Gasteiger partial charge in [-0.3, -0.25) is 4.98 Å². The predicted octanol–water partition coefficient (Wildman–Crippen LogP) is 2.68. The van der Waals surface area contributed by atoms with Crippen molar-refractivity contribution in [1.82, 2.24) is 4.98 Å². The Bertz CT molecular complexity index is 439. The number of aliphatic hydroxyl groups is 1. The van der Waals surface area contributed by atoms with Crippen molar-refractivity contribution < 1.29 is 5.11 Å². The second kappa shape index (κ2) is 3.76. The van der Waals surface area contributed by atoms with Gasteiger partial charge in [0, 0.05) is 11.6 Å². The van der Waals surface area contributed by atoms with E-state index in [-0.39, 0.29) is 0 Å². The number of aliphatic hydroxyl groups excluding tert-OH is 1. The Balaban J connectivity index is 2.51. The first-order valence-electron chi connectivity index (χ1n) is 4.84. The Kier molecular flexibility index (Phi) is 2.46. The molecule has 1 atom stereocenters. The van der Waals surface area contributed by atoms with Crippen molar-refractivity contribution in [2.24, 2.45) is 0 Å². The molecule has 0 fully saturated rings. The number of hydrogen-bond donors (Lipinski definition) is 1. The molecule has 2 aromatic rings. The number of hydrogen-bond acceptors (Lipinski definition) is 2. The van der Waals surface area contributed by atoms with Crippen molar-refractivity contribution >= 4 is 10.8 Å². The molecule has 0 aliphatic rings. The van der Waals surface area contributed by atoms with E-state index in [0.717, 1.165) is 16.5 Å². The van der Waals surface area contributed by atoms with Gasteiger partial charge in [0.15, 0.2) is 0 Å². The molecule has 14 heavy (non-hydrogen) atoms. The highest BCUT2D eigenvalue weighted by molar-refractivity contribution is 5.81. The van der Waals surface area contributed by atoms with Crippen LogP contribution in [0.2, 0.25) is 0 Å². The molecular weight excluding hydrogens is 174 g/mol. The maximum Gasteiger partial charge on any atom is 0.0957 e. The molecule has 72 valence electrons. The summed E-state index contributed by atoms with van der Waals surface area (Å²) in [6, 6.07) is 9.97. The minimum Gasteiger partial charge on any atom is -0.387 e. The van der Waals surface area contributed by atoms with E-state index < -0.39 is 6.10 Å². The van der Waals surface area contributed by atoms with Crippen LogP contribution in [0.5, 0.6) is 0 Å². The molecule has 1 aromatic heterocycles. The van der Waals surface area contributed by atoms with Gasteiger partial charge in [-0.1, -0.05) is 31.2 Å². The quantitative estimate of drug-likeness (QED) is 0.784. The summed E-state index contributed by atoms with van der Waals surface area (Å²) in [5.74, 6) is 0. The molecule has 1 aromatic carbocycles. The number of benzene rings is 1. The van der Waals surface area contributed by atoms with Gasteiger partial charge in [-0.15, -0.1) is 0 Å². The van der Waals surface area contributed by atoms with E-state index in [1.54, 1.807) is 0 Å². The van der Waals surface area contributed by atoms with Crippen LogP contribution in [-0.2, 0) is 0 Å². The van der Waals surface area contributed by atoms with Gasteiger partial charge < -0.3 is 5.11 Å².